The van der Waals surface area contributed by atoms with Crippen molar-refractivity contribution in [1.82, 2.24) is 0 Å². The van der Waals surface area contributed by atoms with E-state index in [-0.39, 0.29) is 0 Å². The average Bonchev–Trinajstić information content (AvgIpc) is 2.18. The second-order valence-electron chi connectivity index (χ2n) is 1.55. The smallest absolute Gasteiger partial charge is 0.308 e. The lowest BCUT2D eigenvalue weighted by atomic mass is 10.3. The Morgan fingerprint density at radius 2 is 2.10 bits per heavy atom. The number of para-hydroxylation sites is 1. The zero-order chi connectivity index (χ0) is 11.7. The second-order valence-corrected chi connectivity index (χ2v) is 1.55. The first-order valence-electron chi connectivity index (χ1n) is 5.11. The lowest BCUT2D eigenvalue weighted by Gasteiger charge is -1.97. The highest BCUT2D eigenvalue weighted by atomic mass is 16.5. The van der Waals surface area contributed by atoms with E-state index in [2.05, 4.69) is 4.74 Å². The van der Waals surface area contributed by atoms with Gasteiger partial charge in [0.2, 0.25) is 0 Å². The van der Waals surface area contributed by atoms with Crippen molar-refractivity contribution in [2.45, 2.75) is 6.92 Å². The molecular weight excluding hydrogens is 128 g/mol. The molecule has 0 amide bonds. The molecule has 2 heteroatoms. The van der Waals surface area contributed by atoms with Crippen LogP contribution in [0.5, 0.6) is 5.75 Å². The Balaban J connectivity index is 3.45. The molecule has 0 saturated heterocycles. The van der Waals surface area contributed by atoms with Gasteiger partial charge in [-0.3, -0.25) is 4.79 Å². The van der Waals surface area contributed by atoms with Crippen LogP contribution in [0.4, 0.5) is 0 Å². The standard InChI is InChI=1S/C8H8O2/c1-7(9)10-8-5-3-2-4-6-8/h2-6H,1H3/i2D,3D,4D,5D,6D. The van der Waals surface area contributed by atoms with E-state index in [1.165, 1.54) is 0 Å². The molecule has 0 aliphatic heterocycles. The van der Waals surface area contributed by atoms with Crippen molar-refractivity contribution in [3.8, 4) is 5.75 Å². The van der Waals surface area contributed by atoms with Crippen molar-refractivity contribution in [3.63, 3.8) is 0 Å². The zero-order valence-electron chi connectivity index (χ0n) is 10.3. The minimum Gasteiger partial charge on any atom is -0.427 e. The number of rotatable bonds is 1. The van der Waals surface area contributed by atoms with Crippen molar-refractivity contribution >= 4 is 5.97 Å². The fourth-order valence-electron chi connectivity index (χ4n) is 0.433. The van der Waals surface area contributed by atoms with Crippen molar-refractivity contribution in [1.29, 1.82) is 0 Å². The first-order chi connectivity index (χ1) is 6.86. The molecule has 0 saturated carbocycles. The molecule has 0 N–H and O–H groups in total. The fraction of sp³-hybridized carbons (Fsp3) is 0.125. The Bertz CT molecular complexity index is 401. The Morgan fingerprint density at radius 3 is 2.60 bits per heavy atom. The van der Waals surface area contributed by atoms with Gasteiger partial charge in [-0.15, -0.1) is 0 Å². The predicted molar refractivity (Wildman–Crippen MR) is 37.8 cm³/mol. The minimum absolute atomic E-state index is 0.437. The van der Waals surface area contributed by atoms with Gasteiger partial charge in [0.1, 0.15) is 5.75 Å². The van der Waals surface area contributed by atoms with Gasteiger partial charge in [0.15, 0.2) is 0 Å². The summed E-state index contributed by atoms with van der Waals surface area (Å²) in [7, 11) is 0. The maximum absolute atomic E-state index is 10.7. The highest BCUT2D eigenvalue weighted by molar-refractivity contribution is 5.69. The number of benzene rings is 1. The number of hydrogen-bond donors (Lipinski definition) is 0. The van der Waals surface area contributed by atoms with Crippen LogP contribution in [0.1, 0.15) is 13.8 Å². The van der Waals surface area contributed by atoms with Crippen LogP contribution < -0.4 is 4.74 Å². The largest absolute Gasteiger partial charge is 0.427 e. The summed E-state index contributed by atoms with van der Waals surface area (Å²) in [6, 6.07) is -2.59. The van der Waals surface area contributed by atoms with Gasteiger partial charge in [-0.05, 0) is 12.1 Å². The topological polar surface area (TPSA) is 26.3 Å². The molecule has 2 nitrogen and oxygen atoms in total. The Morgan fingerprint density at radius 1 is 1.50 bits per heavy atom. The van der Waals surface area contributed by atoms with E-state index in [1.54, 1.807) is 0 Å². The molecule has 0 aromatic heterocycles. The van der Waals surface area contributed by atoms with E-state index < -0.39 is 41.9 Å². The molecule has 0 unspecified atom stereocenters. The monoisotopic (exact) mass is 141 g/mol. The van der Waals surface area contributed by atoms with Crippen LogP contribution in [0.15, 0.2) is 30.2 Å². The van der Waals surface area contributed by atoms with Crippen LogP contribution in [0.2, 0.25) is 0 Å². The first kappa shape index (κ1) is 2.74. The lowest BCUT2D eigenvalue weighted by Crippen LogP contribution is -2.00. The molecular formula is C8H8O2. The Labute approximate surface area is 66.5 Å². The number of carbonyl (C=O) groups is 1. The van der Waals surface area contributed by atoms with Crippen LogP contribution in [0.25, 0.3) is 0 Å². The summed E-state index contributed by atoms with van der Waals surface area (Å²) in [6.07, 6.45) is 0. The third-order valence-electron chi connectivity index (χ3n) is 0.723. The van der Waals surface area contributed by atoms with Crippen molar-refractivity contribution in [3.05, 3.63) is 30.2 Å². The highest BCUT2D eigenvalue weighted by Crippen LogP contribution is 2.07. The van der Waals surface area contributed by atoms with Gasteiger partial charge in [-0.25, -0.2) is 0 Å². The molecule has 0 atom stereocenters. The van der Waals surface area contributed by atoms with Gasteiger partial charge in [0, 0.05) is 6.92 Å². The molecule has 0 aliphatic carbocycles. The minimum atomic E-state index is -0.728. The van der Waals surface area contributed by atoms with E-state index in [4.69, 9.17) is 6.85 Å². The van der Waals surface area contributed by atoms with Crippen LogP contribution in [-0.2, 0) is 4.79 Å². The summed E-state index contributed by atoms with van der Waals surface area (Å²) in [6.45, 7) is 1.10. The highest BCUT2D eigenvalue weighted by Gasteiger charge is 1.92. The quantitative estimate of drug-likeness (QED) is 0.438. The van der Waals surface area contributed by atoms with Crippen LogP contribution >= 0.6 is 0 Å². The van der Waals surface area contributed by atoms with Crippen LogP contribution in [0.3, 0.4) is 0 Å². The van der Waals surface area contributed by atoms with Crippen LogP contribution in [0, 0.1) is 0 Å². The maximum atomic E-state index is 10.7. The van der Waals surface area contributed by atoms with Gasteiger partial charge in [-0.1, -0.05) is 18.1 Å². The molecule has 0 fully saturated rings. The average molecular weight is 141 g/mol. The summed E-state index contributed by atoms with van der Waals surface area (Å²) >= 11 is 0. The molecule has 0 heterocycles. The van der Waals surface area contributed by atoms with Gasteiger partial charge in [0.05, 0.1) is 6.85 Å². The van der Waals surface area contributed by atoms with Gasteiger partial charge in [-0.2, -0.15) is 0 Å². The molecule has 0 bridgehead atoms. The first-order valence-corrected chi connectivity index (χ1v) is 2.61. The summed E-state index contributed by atoms with van der Waals surface area (Å²) in [5.74, 6) is -1.16. The van der Waals surface area contributed by atoms with Gasteiger partial charge < -0.3 is 4.74 Å². The molecule has 52 valence electrons. The van der Waals surface area contributed by atoms with Crippen molar-refractivity contribution in [2.24, 2.45) is 0 Å². The normalized spacial score (nSPS) is 15.9. The Kier molecular flexibility index (Phi) is 0.826. The Hall–Kier alpha value is -1.31. The predicted octanol–water partition coefficient (Wildman–Crippen LogP) is 1.61. The molecule has 0 aliphatic rings. The summed E-state index contributed by atoms with van der Waals surface area (Å²) in [5.41, 5.74) is 0. The maximum Gasteiger partial charge on any atom is 0.308 e. The summed E-state index contributed by atoms with van der Waals surface area (Å²) in [5, 5.41) is 0. The third kappa shape index (κ3) is 1.90. The number of carbonyl (C=O) groups excluding carboxylic acids is 1. The fourth-order valence-corrected chi connectivity index (χ4v) is 0.433. The van der Waals surface area contributed by atoms with Gasteiger partial charge in [0.25, 0.3) is 0 Å². The van der Waals surface area contributed by atoms with E-state index in [0.717, 1.165) is 6.92 Å². The number of hydrogen-bond acceptors (Lipinski definition) is 2. The van der Waals surface area contributed by atoms with E-state index >= 15 is 0 Å². The molecule has 10 heavy (non-hydrogen) atoms. The van der Waals surface area contributed by atoms with E-state index in [9.17, 15) is 4.79 Å². The summed E-state index contributed by atoms with van der Waals surface area (Å²) < 4.78 is 41.2. The second kappa shape index (κ2) is 3.01. The molecule has 0 spiro atoms. The summed E-state index contributed by atoms with van der Waals surface area (Å²) in [4.78, 5) is 10.7. The van der Waals surface area contributed by atoms with Crippen LogP contribution in [-0.4, -0.2) is 5.97 Å². The van der Waals surface area contributed by atoms with Crippen molar-refractivity contribution in [2.75, 3.05) is 0 Å². The van der Waals surface area contributed by atoms with E-state index in [1.807, 2.05) is 0 Å². The molecule has 1 aromatic carbocycles. The van der Waals surface area contributed by atoms with Gasteiger partial charge >= 0.3 is 5.97 Å². The zero-order valence-corrected chi connectivity index (χ0v) is 5.32. The van der Waals surface area contributed by atoms with Crippen molar-refractivity contribution < 1.29 is 16.4 Å². The SMILES string of the molecule is [2H]c1c([2H])c([2H])c(OC(C)=O)c([2H])c1[2H]. The lowest BCUT2D eigenvalue weighted by molar-refractivity contribution is -0.131. The van der Waals surface area contributed by atoms with E-state index in [0.29, 0.717) is 0 Å². The number of ether oxygens (including phenoxy) is 1. The molecule has 1 aromatic rings. The molecule has 1 rings (SSSR count). The third-order valence-corrected chi connectivity index (χ3v) is 0.723. The molecule has 0 radical (unpaired) electrons. The number of esters is 1.